The van der Waals surface area contributed by atoms with Crippen LogP contribution in [0, 0.1) is 11.3 Å². The minimum Gasteiger partial charge on any atom is -0.464 e. The van der Waals surface area contributed by atoms with Gasteiger partial charge in [-0.05, 0) is 145 Å². The number of carbonyl (C=O) groups is 2. The van der Waals surface area contributed by atoms with Crippen molar-refractivity contribution in [3.05, 3.63) is 224 Å². The maximum atomic E-state index is 11.4. The van der Waals surface area contributed by atoms with Gasteiger partial charge in [0.2, 0.25) is 50.5 Å². The average molecular weight is 1850 g/mol. The molecule has 0 spiro atoms. The van der Waals surface area contributed by atoms with Crippen LogP contribution in [-0.4, -0.2) is 233 Å². The van der Waals surface area contributed by atoms with Gasteiger partial charge < -0.3 is 102 Å². The Balaban J connectivity index is 0.000000136. The van der Waals surface area contributed by atoms with Crippen molar-refractivity contribution in [3.63, 3.8) is 0 Å². The molecule has 20 heterocycles. The zero-order valence-corrected chi connectivity index (χ0v) is 72.3. The molecule has 0 aliphatic carbocycles. The third-order valence-corrected chi connectivity index (χ3v) is 19.7. The first-order valence-electron chi connectivity index (χ1n) is 39.5. The van der Waals surface area contributed by atoms with Crippen molar-refractivity contribution >= 4 is 218 Å². The fraction of sp³-hybridized carbons (Fsp3) is 0.212. The molecule has 45 heteroatoms. The van der Waals surface area contributed by atoms with Gasteiger partial charge in [0.05, 0.1) is 91.0 Å². The smallest absolute Gasteiger partial charge is 0.464 e. The van der Waals surface area contributed by atoms with E-state index in [2.05, 4.69) is 108 Å². The van der Waals surface area contributed by atoms with E-state index in [0.717, 1.165) is 114 Å². The highest BCUT2D eigenvalue weighted by atomic mass is 35.5. The van der Waals surface area contributed by atoms with Crippen molar-refractivity contribution in [1.82, 2.24) is 85.1 Å². The number of pyridine rings is 6. The van der Waals surface area contributed by atoms with Crippen LogP contribution in [0.25, 0.3) is 133 Å². The molecule has 0 unspecified atom stereocenters. The number of nitrogens with two attached hydrogens (primary N) is 1. The van der Waals surface area contributed by atoms with Gasteiger partial charge >= 0.3 is 24.7 Å². The Labute approximate surface area is 756 Å². The SMILES string of the molecule is C1COCCN1.CCOC(=O)CO.CCOC(=O)c1oc2ncccc2c1N.CO.Clc1nc(Cl)c2oc3ncccc3c2n1.Clc1nc(N2CCOCC2)c2oc3ncccc3c2n1.N#Cc1cccnc1Cl.O=c1[nH]c(=O)c2oc3ncccc3c2[nH]1.OB(O)c1cccc2[nH]ccc12.[B].c1cc(-c2nc(N3CCOCC3)c3oc4ncccc4c3n2)c2cc[nH]c2c1. The summed E-state index contributed by atoms with van der Waals surface area (Å²) >= 11 is 23.1. The molecular weight excluding hydrogens is 1770 g/mol. The third-order valence-electron chi connectivity index (χ3n) is 18.8. The number of H-pyrrole nitrogens is 4. The van der Waals surface area contributed by atoms with E-state index in [1.54, 1.807) is 112 Å². The van der Waals surface area contributed by atoms with Crippen LogP contribution in [-0.2, 0) is 28.5 Å². The summed E-state index contributed by atoms with van der Waals surface area (Å²) in [5.74, 6) is 1.09. The Kier molecular flexibility index (Phi) is 33.6. The molecule has 17 aromatic heterocycles. The molecule has 19 aromatic rings. The Morgan fingerprint density at radius 1 is 0.515 bits per heavy atom. The van der Waals surface area contributed by atoms with E-state index in [-0.39, 0.29) is 52.9 Å². The number of carbonyl (C=O) groups excluding carboxylic acids is 2. The predicted octanol–water partition coefficient (Wildman–Crippen LogP) is 10.9. The maximum Gasteiger partial charge on any atom is 0.489 e. The fourth-order valence-corrected chi connectivity index (χ4v) is 13.8. The molecule has 665 valence electrons. The lowest BCUT2D eigenvalue weighted by Gasteiger charge is -2.27. The number of nitriles is 1. The lowest BCUT2D eigenvalue weighted by molar-refractivity contribution is -0.146. The van der Waals surface area contributed by atoms with Crippen molar-refractivity contribution in [2.45, 2.75) is 13.8 Å². The molecule has 130 heavy (non-hydrogen) atoms. The molecule has 3 saturated heterocycles. The molecule has 0 amide bonds. The number of esters is 2. The number of benzene rings is 2. The van der Waals surface area contributed by atoms with Gasteiger partial charge in [-0.25, -0.2) is 69.2 Å². The standard InChI is InChI=1S/C21H17N5O2.C13H11ClN4O2.C10H10N2O3.C9H3Cl2N3O.C9H5N3O3.C8H8BNO2.C6H3ClN2.C4H9NO.C4H8O3.CH4O.B/c1-3-14(13-6-8-22-16(13)5-1)19-24-17-15-4-2-7-23-21(15)28-18(17)20(25-19)26-9-11-27-12-10-26;14-13-16-9-8-2-1-3-15-12(8)20-10(9)11(17-13)18-4-6-19-7-5-18;1-2-14-10(13)8-7(11)6-4-3-5-12-9(6)15-8;10-7-6-5(13-9(11)14-7)4-2-1-3-12-8(4)15-6;13-7-6-5(11-9(14)12-7)4-2-1-3-10-8(4)15-6;11-9(12)7-2-1-3-8-6(7)4-5-10-8;7-6-5(4-8)2-1-3-9-6;1-3-6-4-2-5-1;1-2-7-4(6)3-5;1-2;/h1-8,22H,9-12H2;1-3H,4-7H2;3-5H,2,11H2,1H3;1-3H;1-3H,(H2,11,12,13,14);1-5,10-12H;1-3H;5H,1-4H2;5H,2-3H2,1H3;2H,1H3;. The summed E-state index contributed by atoms with van der Waals surface area (Å²) in [7, 11) is -0.399. The van der Waals surface area contributed by atoms with Crippen LogP contribution < -0.4 is 37.6 Å². The quantitative estimate of drug-likeness (QED) is 0.0222. The number of aliphatic hydroxyl groups is 2. The molecule has 2 aromatic carbocycles. The predicted molar refractivity (Wildman–Crippen MR) is 490 cm³/mol. The van der Waals surface area contributed by atoms with Crippen LogP contribution >= 0.6 is 46.4 Å². The number of anilines is 3. The Morgan fingerprint density at radius 2 is 0.985 bits per heavy atom. The number of halogens is 4. The van der Waals surface area contributed by atoms with E-state index in [1.807, 2.05) is 60.8 Å². The highest BCUT2D eigenvalue weighted by Gasteiger charge is 2.27. The molecule has 22 rings (SSSR count). The van der Waals surface area contributed by atoms with Crippen molar-refractivity contribution < 1.29 is 75.6 Å². The second-order valence-electron chi connectivity index (χ2n) is 26.8. The number of hydrogen-bond donors (Lipinski definition) is 10. The number of nitrogen functional groups attached to an aromatic ring is 1. The zero-order valence-electron chi connectivity index (χ0n) is 69.2. The Morgan fingerprint density at radius 3 is 1.49 bits per heavy atom. The second-order valence-corrected chi connectivity index (χ2v) is 28.1. The number of hydrogen-bond acceptors (Lipinski definition) is 35. The van der Waals surface area contributed by atoms with E-state index in [9.17, 15) is 19.2 Å². The van der Waals surface area contributed by atoms with Gasteiger partial charge in [0.1, 0.15) is 39.9 Å². The minimum atomic E-state index is -1.40. The number of aromatic amines is 4. The third kappa shape index (κ3) is 22.9. The molecule has 3 fully saturated rings. The van der Waals surface area contributed by atoms with Crippen molar-refractivity contribution in [1.29, 1.82) is 5.26 Å². The first-order valence-corrected chi connectivity index (χ1v) is 41.0. The molecule has 0 atom stereocenters. The summed E-state index contributed by atoms with van der Waals surface area (Å²) in [5, 5.41) is 51.0. The molecule has 0 bridgehead atoms. The summed E-state index contributed by atoms with van der Waals surface area (Å²) in [6, 6.07) is 38.8. The normalized spacial score (nSPS) is 12.7. The van der Waals surface area contributed by atoms with Gasteiger partial charge in [-0.15, -0.1) is 0 Å². The summed E-state index contributed by atoms with van der Waals surface area (Å²) in [6.45, 7) is 13.1. The first-order chi connectivity index (χ1) is 62.9. The van der Waals surface area contributed by atoms with Gasteiger partial charge in [0.15, 0.2) is 39.4 Å². The van der Waals surface area contributed by atoms with Crippen molar-refractivity contribution in [2.75, 3.05) is 121 Å². The van der Waals surface area contributed by atoms with Crippen molar-refractivity contribution in [2.24, 2.45) is 0 Å². The molecule has 39 nitrogen and oxygen atoms in total. The Bertz CT molecular complexity index is 7220. The zero-order chi connectivity index (χ0) is 90.9. The van der Waals surface area contributed by atoms with Gasteiger partial charge in [0, 0.05) is 126 Å². The highest BCUT2D eigenvalue weighted by molar-refractivity contribution is 6.62. The maximum absolute atomic E-state index is 11.4. The molecule has 3 aliphatic rings. The lowest BCUT2D eigenvalue weighted by atomic mass is 9.78. The van der Waals surface area contributed by atoms with Gasteiger partial charge in [-0.1, -0.05) is 47.5 Å². The number of furan rings is 5. The number of ether oxygens (including phenoxy) is 5. The van der Waals surface area contributed by atoms with Crippen molar-refractivity contribution in [3.8, 4) is 17.5 Å². The number of morpholine rings is 3. The van der Waals surface area contributed by atoms with Crippen LogP contribution in [0.3, 0.4) is 0 Å². The van der Waals surface area contributed by atoms with Crippen LogP contribution in [0.5, 0.6) is 0 Å². The summed E-state index contributed by atoms with van der Waals surface area (Å²) < 4.78 is 52.7. The summed E-state index contributed by atoms with van der Waals surface area (Å²) in [6.07, 6.45) is 13.4. The number of nitrogens with one attached hydrogen (secondary N) is 5. The van der Waals surface area contributed by atoms with Crippen LogP contribution in [0.15, 0.2) is 203 Å². The topological polar surface area (TPSA) is 547 Å². The van der Waals surface area contributed by atoms with E-state index in [0.29, 0.717) is 128 Å². The number of rotatable bonds is 8. The highest BCUT2D eigenvalue weighted by Crippen LogP contribution is 2.38. The molecule has 3 aliphatic heterocycles. The molecule has 11 N–H and O–H groups in total. The fourth-order valence-electron chi connectivity index (χ4n) is 13.0. The van der Waals surface area contributed by atoms with Crippen LogP contribution in [0.2, 0.25) is 20.9 Å². The number of nitrogens with zero attached hydrogens (tertiary/aromatic N) is 15. The Hall–Kier alpha value is -14.1. The largest absolute Gasteiger partial charge is 0.489 e. The van der Waals surface area contributed by atoms with Crippen LogP contribution in [0.4, 0.5) is 17.3 Å². The van der Waals surface area contributed by atoms with Crippen LogP contribution in [0.1, 0.15) is 30.0 Å². The van der Waals surface area contributed by atoms with Gasteiger partial charge in [-0.2, -0.15) is 10.2 Å². The van der Waals surface area contributed by atoms with E-state index < -0.39 is 36.9 Å². The molecule has 0 saturated carbocycles. The monoisotopic (exact) mass is 1840 g/mol. The molecular formula is C85H78B2Cl4N21O18. The molecule has 3 radical (unpaired) electrons. The second kappa shape index (κ2) is 46.0. The summed E-state index contributed by atoms with van der Waals surface area (Å²) in [4.78, 5) is 109. The average Bonchev–Trinajstić information content (AvgIpc) is 1.64. The van der Waals surface area contributed by atoms with Gasteiger partial charge in [0.25, 0.3) is 5.56 Å². The first kappa shape index (κ1) is 95.0. The van der Waals surface area contributed by atoms with E-state index in [1.165, 1.54) is 0 Å². The lowest BCUT2D eigenvalue weighted by Crippen LogP contribution is -2.37. The van der Waals surface area contributed by atoms with E-state index in [4.69, 9.17) is 129 Å². The van der Waals surface area contributed by atoms with E-state index >= 15 is 0 Å². The number of aromatic nitrogens is 16. The number of aliphatic hydroxyl groups excluding tert-OH is 2. The minimum absolute atomic E-state index is 0. The summed E-state index contributed by atoms with van der Waals surface area (Å²) in [5.41, 5.74) is 15.4. The number of fused-ring (bicyclic) bond motifs is 15. The van der Waals surface area contributed by atoms with Gasteiger partial charge in [-0.3, -0.25) is 9.78 Å².